The highest BCUT2D eigenvalue weighted by Gasteiger charge is 2.23. The smallest absolute Gasteiger partial charge is 0.265 e. The van der Waals surface area contributed by atoms with Gasteiger partial charge in [0, 0.05) is 62.8 Å². The number of halogens is 1. The topological polar surface area (TPSA) is 82.6 Å². The molecule has 2 fully saturated rings. The second-order valence-corrected chi connectivity index (χ2v) is 11.9. The number of thiazole rings is 1. The Morgan fingerprint density at radius 2 is 1.79 bits per heavy atom. The van der Waals surface area contributed by atoms with E-state index in [1.807, 2.05) is 30.3 Å². The number of hydrogen-bond donors (Lipinski definition) is 2. The van der Waals surface area contributed by atoms with E-state index in [9.17, 15) is 9.18 Å². The fraction of sp³-hybridized carbons (Fsp3) is 0.393. The van der Waals surface area contributed by atoms with Gasteiger partial charge in [0.2, 0.25) is 5.95 Å². The number of piperidine rings is 1. The second-order valence-electron chi connectivity index (χ2n) is 9.85. The average molecular weight is 567 g/mol. The maximum Gasteiger partial charge on any atom is 0.265 e. The van der Waals surface area contributed by atoms with Crippen LogP contribution in [0.5, 0.6) is 0 Å². The molecule has 0 radical (unpaired) electrons. The van der Waals surface area contributed by atoms with Gasteiger partial charge >= 0.3 is 0 Å². The molecule has 1 amide bonds. The molecule has 11 heteroatoms. The summed E-state index contributed by atoms with van der Waals surface area (Å²) in [4.78, 5) is 27.8. The largest absolute Gasteiger partial charge is 0.379 e. The van der Waals surface area contributed by atoms with E-state index < -0.39 is 5.95 Å². The minimum Gasteiger partial charge on any atom is -0.379 e. The summed E-state index contributed by atoms with van der Waals surface area (Å²) in [7, 11) is 0. The van der Waals surface area contributed by atoms with E-state index >= 15 is 0 Å². The van der Waals surface area contributed by atoms with Crippen LogP contribution in [0.1, 0.15) is 22.5 Å². The van der Waals surface area contributed by atoms with Crippen molar-refractivity contribution in [3.05, 3.63) is 59.5 Å². The number of hydrogen-bond acceptors (Lipinski definition) is 9. The van der Waals surface area contributed by atoms with Gasteiger partial charge in [0.15, 0.2) is 5.13 Å². The molecule has 2 aliphatic rings. The van der Waals surface area contributed by atoms with E-state index in [2.05, 4.69) is 25.4 Å². The Labute approximate surface area is 234 Å². The summed E-state index contributed by atoms with van der Waals surface area (Å²) in [6.45, 7) is 7.87. The van der Waals surface area contributed by atoms with Crippen LogP contribution in [-0.4, -0.2) is 79.3 Å². The number of morpholine rings is 1. The molecular weight excluding hydrogens is 535 g/mol. The molecule has 6 rings (SSSR count). The molecule has 3 aromatic heterocycles. The Morgan fingerprint density at radius 1 is 1.03 bits per heavy atom. The highest BCUT2D eigenvalue weighted by Crippen LogP contribution is 2.36. The summed E-state index contributed by atoms with van der Waals surface area (Å²) in [6, 6.07) is 13.0. The molecule has 0 unspecified atom stereocenters. The van der Waals surface area contributed by atoms with E-state index in [1.165, 1.54) is 23.6 Å². The molecule has 0 spiro atoms. The first-order valence-electron chi connectivity index (χ1n) is 13.3. The lowest BCUT2D eigenvalue weighted by Gasteiger charge is -2.33. The third-order valence-electron chi connectivity index (χ3n) is 7.24. The quantitative estimate of drug-likeness (QED) is 0.299. The van der Waals surface area contributed by atoms with Gasteiger partial charge in [-0.1, -0.05) is 23.5 Å². The molecule has 5 heterocycles. The summed E-state index contributed by atoms with van der Waals surface area (Å²) in [5.74, 6) is -0.653. The fourth-order valence-electron chi connectivity index (χ4n) is 4.98. The van der Waals surface area contributed by atoms with Crippen LogP contribution in [0.4, 0.5) is 15.2 Å². The number of ether oxygens (including phenoxy) is 1. The molecule has 0 bridgehead atoms. The number of fused-ring (bicyclic) bond motifs is 1. The molecule has 1 aromatic carbocycles. The van der Waals surface area contributed by atoms with Gasteiger partial charge in [0.25, 0.3) is 5.91 Å². The SMILES string of the molecule is O=C(Nc1ccc(-c2ccc(F)nc2)cc1)c1cc2sc(N3CCC(NCCN4CCOCC4)CC3)nc2s1. The monoisotopic (exact) mass is 566 g/mol. The number of thiophene rings is 1. The number of benzene rings is 1. The van der Waals surface area contributed by atoms with Crippen LogP contribution in [-0.2, 0) is 4.74 Å². The number of rotatable bonds is 8. The molecule has 2 aliphatic heterocycles. The summed E-state index contributed by atoms with van der Waals surface area (Å²) < 4.78 is 19.5. The van der Waals surface area contributed by atoms with E-state index in [-0.39, 0.29) is 5.91 Å². The Hall–Kier alpha value is -2.96. The average Bonchev–Trinajstić information content (AvgIpc) is 3.55. The summed E-state index contributed by atoms with van der Waals surface area (Å²) in [6.07, 6.45) is 3.72. The van der Waals surface area contributed by atoms with Gasteiger partial charge in [-0.15, -0.1) is 11.3 Å². The molecule has 2 N–H and O–H groups in total. The van der Waals surface area contributed by atoms with Gasteiger partial charge in [-0.3, -0.25) is 9.69 Å². The van der Waals surface area contributed by atoms with Crippen molar-refractivity contribution in [2.24, 2.45) is 0 Å². The third kappa shape index (κ3) is 6.44. The van der Waals surface area contributed by atoms with Crippen molar-refractivity contribution < 1.29 is 13.9 Å². The molecular formula is C28H31FN6O2S2. The maximum atomic E-state index is 13.1. The van der Waals surface area contributed by atoms with E-state index in [0.717, 1.165) is 91.1 Å². The van der Waals surface area contributed by atoms with Gasteiger partial charge in [0.1, 0.15) is 4.83 Å². The van der Waals surface area contributed by atoms with Crippen LogP contribution in [0, 0.1) is 5.95 Å². The third-order valence-corrected chi connectivity index (χ3v) is 9.46. The van der Waals surface area contributed by atoms with E-state index in [1.54, 1.807) is 17.4 Å². The zero-order valence-corrected chi connectivity index (χ0v) is 23.2. The van der Waals surface area contributed by atoms with E-state index in [4.69, 9.17) is 9.72 Å². The molecule has 204 valence electrons. The Kier molecular flexibility index (Phi) is 8.12. The standard InChI is InChI=1S/C28H31FN6O2S2/c29-25-6-3-20(18-31-25)19-1-4-22(5-2-19)32-26(36)23-17-24-27(38-23)33-28(39-24)35-10-7-21(8-11-35)30-9-12-34-13-15-37-16-14-34/h1-6,17-18,21,30H,7-16H2,(H,32,36). The fourth-order valence-corrected chi connectivity index (χ4v) is 7.14. The lowest BCUT2D eigenvalue weighted by molar-refractivity contribution is 0.0380. The number of carbonyl (C=O) groups is 1. The number of aromatic nitrogens is 2. The van der Waals surface area contributed by atoms with Crippen LogP contribution < -0.4 is 15.5 Å². The zero-order chi connectivity index (χ0) is 26.6. The van der Waals surface area contributed by atoms with Crippen molar-refractivity contribution >= 4 is 48.9 Å². The molecule has 0 saturated carbocycles. The number of nitrogens with one attached hydrogen (secondary N) is 2. The summed E-state index contributed by atoms with van der Waals surface area (Å²) in [5, 5.41) is 7.74. The normalized spacial score (nSPS) is 17.1. The predicted octanol–water partition coefficient (Wildman–Crippen LogP) is 4.70. The Balaban J connectivity index is 0.996. The van der Waals surface area contributed by atoms with Crippen molar-refractivity contribution in [1.82, 2.24) is 20.2 Å². The van der Waals surface area contributed by atoms with Crippen molar-refractivity contribution in [3.63, 3.8) is 0 Å². The molecule has 8 nitrogen and oxygen atoms in total. The first-order chi connectivity index (χ1) is 19.1. The van der Waals surface area contributed by atoms with Crippen molar-refractivity contribution in [3.8, 4) is 11.1 Å². The molecule has 0 aliphatic carbocycles. The van der Waals surface area contributed by atoms with Crippen molar-refractivity contribution in [2.45, 2.75) is 18.9 Å². The molecule has 4 aromatic rings. The summed E-state index contributed by atoms with van der Waals surface area (Å²) in [5.41, 5.74) is 2.42. The lowest BCUT2D eigenvalue weighted by atomic mass is 10.1. The number of pyridine rings is 1. The Bertz CT molecular complexity index is 1360. The van der Waals surface area contributed by atoms with E-state index in [0.29, 0.717) is 16.6 Å². The maximum absolute atomic E-state index is 13.1. The van der Waals surface area contributed by atoms with Crippen LogP contribution >= 0.6 is 22.7 Å². The van der Waals surface area contributed by atoms with Gasteiger partial charge in [-0.25, -0.2) is 9.97 Å². The first-order valence-corrected chi connectivity index (χ1v) is 15.0. The minimum absolute atomic E-state index is 0.146. The number of nitrogens with zero attached hydrogens (tertiary/aromatic N) is 4. The molecule has 0 atom stereocenters. The number of amides is 1. The van der Waals surface area contributed by atoms with Crippen LogP contribution in [0.25, 0.3) is 20.7 Å². The highest BCUT2D eigenvalue weighted by atomic mass is 32.1. The second kappa shape index (κ2) is 12.1. The summed E-state index contributed by atoms with van der Waals surface area (Å²) >= 11 is 3.09. The number of carbonyl (C=O) groups excluding carboxylic acids is 1. The van der Waals surface area contributed by atoms with Crippen LogP contribution in [0.3, 0.4) is 0 Å². The zero-order valence-electron chi connectivity index (χ0n) is 21.6. The lowest BCUT2D eigenvalue weighted by Crippen LogP contribution is -2.46. The molecule has 39 heavy (non-hydrogen) atoms. The van der Waals surface area contributed by atoms with Crippen molar-refractivity contribution in [1.29, 1.82) is 0 Å². The number of anilines is 2. The van der Waals surface area contributed by atoms with Gasteiger partial charge in [-0.05, 0) is 48.7 Å². The van der Waals surface area contributed by atoms with Gasteiger partial charge < -0.3 is 20.3 Å². The first kappa shape index (κ1) is 26.3. The molecule has 2 saturated heterocycles. The van der Waals surface area contributed by atoms with Crippen molar-refractivity contribution in [2.75, 3.05) is 62.7 Å². The van der Waals surface area contributed by atoms with Gasteiger partial charge in [-0.2, -0.15) is 4.39 Å². The van der Waals surface area contributed by atoms with Gasteiger partial charge in [0.05, 0.1) is 22.8 Å². The minimum atomic E-state index is -0.507. The Morgan fingerprint density at radius 3 is 2.51 bits per heavy atom. The van der Waals surface area contributed by atoms with Crippen LogP contribution in [0.15, 0.2) is 48.7 Å². The van der Waals surface area contributed by atoms with Crippen LogP contribution in [0.2, 0.25) is 0 Å². The predicted molar refractivity (Wildman–Crippen MR) is 156 cm³/mol. The highest BCUT2D eigenvalue weighted by molar-refractivity contribution is 7.29.